The summed E-state index contributed by atoms with van der Waals surface area (Å²) in [4.78, 5) is 0. The Kier molecular flexibility index (Phi) is 3.77. The second-order valence-electron chi connectivity index (χ2n) is 5.74. The maximum atomic E-state index is 12.3. The van der Waals surface area contributed by atoms with E-state index in [1.807, 2.05) is 31.2 Å². The maximum Gasteiger partial charge on any atom is 0.155 e. The molecule has 2 unspecified atom stereocenters. The molecule has 3 rings (SSSR count). The monoisotopic (exact) mass is 308 g/mol. The molecule has 0 aliphatic carbocycles. The number of nitrogens with one attached hydrogen (secondary N) is 1. The normalized spacial score (nSPS) is 23.2. The molecule has 0 saturated carbocycles. The van der Waals surface area contributed by atoms with Gasteiger partial charge < -0.3 is 4.42 Å². The second kappa shape index (κ2) is 5.44. The first kappa shape index (κ1) is 14.6. The number of hydrogen-bond acceptors (Lipinski definition) is 5. The van der Waals surface area contributed by atoms with E-state index in [4.69, 9.17) is 10.3 Å². The minimum atomic E-state index is -3.13. The van der Waals surface area contributed by atoms with Crippen LogP contribution in [0.3, 0.4) is 0 Å². The largest absolute Gasteiger partial charge is 0.459 e. The predicted molar refractivity (Wildman–Crippen MR) is 82.4 cm³/mol. The highest BCUT2D eigenvalue weighted by molar-refractivity contribution is 7.92. The van der Waals surface area contributed by atoms with E-state index in [1.165, 1.54) is 0 Å². The van der Waals surface area contributed by atoms with Crippen LogP contribution in [0.1, 0.15) is 36.6 Å². The number of nitrogens with two attached hydrogens (primary N) is 1. The summed E-state index contributed by atoms with van der Waals surface area (Å²) in [5.41, 5.74) is 4.54. The highest BCUT2D eigenvalue weighted by Crippen LogP contribution is 2.33. The van der Waals surface area contributed by atoms with E-state index >= 15 is 0 Å². The predicted octanol–water partition coefficient (Wildman–Crippen LogP) is 2.21. The maximum absolute atomic E-state index is 12.3. The fraction of sp³-hybridized carbons (Fsp3) is 0.467. The van der Waals surface area contributed by atoms with Crippen molar-refractivity contribution >= 4 is 20.8 Å². The molecule has 0 amide bonds. The lowest BCUT2D eigenvalue weighted by molar-refractivity contribution is 0.393. The molecule has 1 aromatic carbocycles. The lowest BCUT2D eigenvalue weighted by Crippen LogP contribution is -2.43. The van der Waals surface area contributed by atoms with Crippen molar-refractivity contribution in [3.8, 4) is 0 Å². The van der Waals surface area contributed by atoms with Gasteiger partial charge in [0.15, 0.2) is 9.84 Å². The highest BCUT2D eigenvalue weighted by atomic mass is 32.2. The van der Waals surface area contributed by atoms with Gasteiger partial charge in [-0.15, -0.1) is 0 Å². The summed E-state index contributed by atoms with van der Waals surface area (Å²) in [6.45, 7) is 2.01. The molecule has 2 atom stereocenters. The summed E-state index contributed by atoms with van der Waals surface area (Å²) >= 11 is 0. The van der Waals surface area contributed by atoms with Gasteiger partial charge in [0.25, 0.3) is 0 Å². The van der Waals surface area contributed by atoms with E-state index in [-0.39, 0.29) is 5.75 Å². The van der Waals surface area contributed by atoms with Gasteiger partial charge in [0, 0.05) is 5.39 Å². The van der Waals surface area contributed by atoms with E-state index in [2.05, 4.69) is 5.43 Å². The van der Waals surface area contributed by atoms with E-state index in [9.17, 15) is 8.42 Å². The van der Waals surface area contributed by atoms with Gasteiger partial charge in [0.05, 0.1) is 17.0 Å². The minimum Gasteiger partial charge on any atom is -0.459 e. The number of fused-ring (bicyclic) bond motifs is 1. The fourth-order valence-corrected chi connectivity index (χ4v) is 5.13. The van der Waals surface area contributed by atoms with Crippen molar-refractivity contribution in [1.29, 1.82) is 0 Å². The van der Waals surface area contributed by atoms with Crippen LogP contribution in [-0.2, 0) is 9.84 Å². The molecule has 1 saturated heterocycles. The Morgan fingerprint density at radius 1 is 1.33 bits per heavy atom. The number of hydrogen-bond donors (Lipinski definition) is 2. The lowest BCUT2D eigenvalue weighted by Gasteiger charge is -2.28. The van der Waals surface area contributed by atoms with E-state index < -0.39 is 21.1 Å². The Bertz CT molecular complexity index is 751. The summed E-state index contributed by atoms with van der Waals surface area (Å²) < 4.78 is 30.4. The van der Waals surface area contributed by atoms with E-state index in [1.54, 1.807) is 0 Å². The van der Waals surface area contributed by atoms with Crippen LogP contribution in [0.4, 0.5) is 0 Å². The molecule has 2 heterocycles. The van der Waals surface area contributed by atoms with Gasteiger partial charge in [0.2, 0.25) is 0 Å². The first-order valence-corrected chi connectivity index (χ1v) is 8.90. The smallest absolute Gasteiger partial charge is 0.155 e. The lowest BCUT2D eigenvalue weighted by atomic mass is 10.0. The first-order chi connectivity index (χ1) is 10.0. The van der Waals surface area contributed by atoms with Crippen LogP contribution in [0.25, 0.3) is 11.0 Å². The molecule has 114 valence electrons. The third kappa shape index (κ3) is 2.71. The third-order valence-electron chi connectivity index (χ3n) is 4.18. The van der Waals surface area contributed by atoms with Crippen molar-refractivity contribution in [2.45, 2.75) is 37.5 Å². The molecule has 0 spiro atoms. The molecule has 2 aromatic rings. The first-order valence-electron chi connectivity index (χ1n) is 7.19. The number of rotatable bonds is 3. The second-order valence-corrected chi connectivity index (χ2v) is 8.08. The van der Waals surface area contributed by atoms with E-state index in [0.717, 1.165) is 29.4 Å². The number of hydrazine groups is 1. The molecule has 1 aliphatic rings. The SMILES string of the molecule is Cc1ccc2oc(C(NN)C3CCCCS3(=O)=O)cc2c1. The van der Waals surface area contributed by atoms with Crippen LogP contribution >= 0.6 is 0 Å². The Labute approximate surface area is 124 Å². The van der Waals surface area contributed by atoms with Crippen LogP contribution in [0, 0.1) is 6.92 Å². The Balaban J connectivity index is 2.01. The van der Waals surface area contributed by atoms with Gasteiger partial charge in [-0.25, -0.2) is 13.8 Å². The van der Waals surface area contributed by atoms with Gasteiger partial charge in [-0.1, -0.05) is 18.1 Å². The summed E-state index contributed by atoms with van der Waals surface area (Å²) in [6.07, 6.45) is 2.25. The summed E-state index contributed by atoms with van der Waals surface area (Å²) in [6, 6.07) is 7.28. The molecule has 6 heteroatoms. The molecule has 1 fully saturated rings. The molecular weight excluding hydrogens is 288 g/mol. The van der Waals surface area contributed by atoms with Crippen LogP contribution in [0.15, 0.2) is 28.7 Å². The average molecular weight is 308 g/mol. The molecule has 5 nitrogen and oxygen atoms in total. The number of sulfone groups is 1. The van der Waals surface area contributed by atoms with Crippen molar-refractivity contribution < 1.29 is 12.8 Å². The minimum absolute atomic E-state index is 0.231. The van der Waals surface area contributed by atoms with Crippen LogP contribution < -0.4 is 11.3 Å². The summed E-state index contributed by atoms with van der Waals surface area (Å²) in [7, 11) is -3.13. The molecule has 1 aromatic heterocycles. The van der Waals surface area contributed by atoms with Crippen molar-refractivity contribution in [3.05, 3.63) is 35.6 Å². The summed E-state index contributed by atoms with van der Waals surface area (Å²) in [5, 5.41) is 0.455. The molecule has 3 N–H and O–H groups in total. The van der Waals surface area contributed by atoms with Crippen molar-refractivity contribution in [1.82, 2.24) is 5.43 Å². The fourth-order valence-electron chi connectivity index (χ4n) is 3.06. The quantitative estimate of drug-likeness (QED) is 0.671. The molecule has 1 aliphatic heterocycles. The highest BCUT2D eigenvalue weighted by Gasteiger charge is 2.37. The van der Waals surface area contributed by atoms with Gasteiger partial charge in [-0.2, -0.15) is 0 Å². The number of benzene rings is 1. The molecule has 21 heavy (non-hydrogen) atoms. The average Bonchev–Trinajstić information content (AvgIpc) is 2.84. The number of furan rings is 1. The van der Waals surface area contributed by atoms with Crippen LogP contribution in [-0.4, -0.2) is 19.4 Å². The molecule has 0 bridgehead atoms. The zero-order valence-electron chi connectivity index (χ0n) is 12.0. The molecule has 0 radical (unpaired) electrons. The Hall–Kier alpha value is -1.37. The standard InChI is InChI=1S/C15H20N2O3S/c1-10-5-6-12-11(8-10)9-13(20-12)15(17-16)14-4-2-3-7-21(14,18)19/h5-6,8-9,14-15,17H,2-4,7,16H2,1H3. The van der Waals surface area contributed by atoms with Gasteiger partial charge >= 0.3 is 0 Å². The Morgan fingerprint density at radius 3 is 2.86 bits per heavy atom. The van der Waals surface area contributed by atoms with Crippen LogP contribution in [0.2, 0.25) is 0 Å². The van der Waals surface area contributed by atoms with Gasteiger partial charge in [0.1, 0.15) is 11.3 Å². The van der Waals surface area contributed by atoms with Crippen molar-refractivity contribution in [2.75, 3.05) is 5.75 Å². The number of aryl methyl sites for hydroxylation is 1. The zero-order valence-corrected chi connectivity index (χ0v) is 12.8. The van der Waals surface area contributed by atoms with Crippen molar-refractivity contribution in [3.63, 3.8) is 0 Å². The topological polar surface area (TPSA) is 85.3 Å². The van der Waals surface area contributed by atoms with Crippen LogP contribution in [0.5, 0.6) is 0 Å². The Morgan fingerprint density at radius 2 is 2.14 bits per heavy atom. The van der Waals surface area contributed by atoms with Crippen molar-refractivity contribution in [2.24, 2.45) is 5.84 Å². The zero-order chi connectivity index (χ0) is 15.0. The molecular formula is C15H20N2O3S. The van der Waals surface area contributed by atoms with Gasteiger partial charge in [-0.3, -0.25) is 5.84 Å². The van der Waals surface area contributed by atoms with Gasteiger partial charge in [-0.05, 0) is 38.0 Å². The van der Waals surface area contributed by atoms with E-state index in [0.29, 0.717) is 12.2 Å². The summed E-state index contributed by atoms with van der Waals surface area (Å²) in [5.74, 6) is 6.46. The third-order valence-corrected chi connectivity index (χ3v) is 6.47.